The lowest BCUT2D eigenvalue weighted by Gasteiger charge is -2.32. The van der Waals surface area contributed by atoms with Crippen molar-refractivity contribution < 1.29 is 4.74 Å². The first-order chi connectivity index (χ1) is 11.8. The molecule has 1 saturated carbocycles. The number of nitrogens with zero attached hydrogens (tertiary/aromatic N) is 2. The number of unbranched alkanes of at least 4 members (excludes halogenated alkanes) is 1. The van der Waals surface area contributed by atoms with Crippen LogP contribution < -0.4 is 10.6 Å². The van der Waals surface area contributed by atoms with Gasteiger partial charge in [0.05, 0.1) is 6.61 Å². The highest BCUT2D eigenvalue weighted by Gasteiger charge is 2.19. The molecule has 0 aromatic carbocycles. The van der Waals surface area contributed by atoms with Gasteiger partial charge in [-0.1, -0.05) is 38.5 Å². The van der Waals surface area contributed by atoms with Crippen molar-refractivity contribution in [3.05, 3.63) is 0 Å². The fourth-order valence-electron chi connectivity index (χ4n) is 3.97. The van der Waals surface area contributed by atoms with Crippen LogP contribution in [0.25, 0.3) is 0 Å². The van der Waals surface area contributed by atoms with E-state index < -0.39 is 0 Å². The van der Waals surface area contributed by atoms with Crippen molar-refractivity contribution >= 4 is 29.9 Å². The van der Waals surface area contributed by atoms with Crippen LogP contribution in [0.15, 0.2) is 4.99 Å². The number of ether oxygens (including phenoxy) is 1. The predicted octanol–water partition coefficient (Wildman–Crippen LogP) is 3.24. The molecule has 1 aliphatic carbocycles. The van der Waals surface area contributed by atoms with Gasteiger partial charge in [0, 0.05) is 46.4 Å². The minimum absolute atomic E-state index is 0. The van der Waals surface area contributed by atoms with Crippen LogP contribution >= 0.6 is 24.0 Å². The second-order valence-electron chi connectivity index (χ2n) is 7.40. The van der Waals surface area contributed by atoms with E-state index in [-0.39, 0.29) is 24.0 Å². The Balaban J connectivity index is 0.00000312. The lowest BCUT2D eigenvalue weighted by atomic mass is 10.0. The van der Waals surface area contributed by atoms with E-state index in [0.717, 1.165) is 44.7 Å². The Morgan fingerprint density at radius 1 is 1.12 bits per heavy atom. The van der Waals surface area contributed by atoms with Crippen molar-refractivity contribution in [3.63, 3.8) is 0 Å². The van der Waals surface area contributed by atoms with E-state index in [1.807, 2.05) is 7.05 Å². The standard InChI is InChI=1S/C19H38N4O.HI/c1-20-19(21-12-6-5-9-17-7-3-4-8-17)22-18-10-13-23(14-11-18)15-16-24-2;/h17-18H,3-16H2,1-2H3,(H2,20,21,22);1H. The lowest BCUT2D eigenvalue weighted by molar-refractivity contribution is 0.128. The van der Waals surface area contributed by atoms with Crippen molar-refractivity contribution in [2.45, 2.75) is 63.8 Å². The maximum Gasteiger partial charge on any atom is 0.191 e. The normalized spacial score (nSPS) is 20.5. The summed E-state index contributed by atoms with van der Waals surface area (Å²) in [6.45, 7) is 5.23. The molecule has 0 atom stereocenters. The van der Waals surface area contributed by atoms with Gasteiger partial charge in [-0.05, 0) is 25.2 Å². The highest BCUT2D eigenvalue weighted by atomic mass is 127. The third kappa shape index (κ3) is 9.43. The van der Waals surface area contributed by atoms with Crippen molar-refractivity contribution in [2.24, 2.45) is 10.9 Å². The molecule has 1 saturated heterocycles. The smallest absolute Gasteiger partial charge is 0.191 e. The monoisotopic (exact) mass is 466 g/mol. The minimum Gasteiger partial charge on any atom is -0.383 e. The topological polar surface area (TPSA) is 48.9 Å². The molecule has 0 aromatic rings. The van der Waals surface area contributed by atoms with E-state index in [1.54, 1.807) is 7.11 Å². The molecule has 2 aliphatic rings. The summed E-state index contributed by atoms with van der Waals surface area (Å²) in [7, 11) is 3.65. The third-order valence-corrected chi connectivity index (χ3v) is 5.57. The highest BCUT2D eigenvalue weighted by molar-refractivity contribution is 14.0. The molecule has 0 unspecified atom stereocenters. The molecular weight excluding hydrogens is 427 g/mol. The fourth-order valence-corrected chi connectivity index (χ4v) is 3.97. The summed E-state index contributed by atoms with van der Waals surface area (Å²) in [5.74, 6) is 2.00. The number of likely N-dealkylation sites (tertiary alicyclic amines) is 1. The number of piperidine rings is 1. The van der Waals surface area contributed by atoms with Crippen molar-refractivity contribution in [1.82, 2.24) is 15.5 Å². The molecule has 0 amide bonds. The molecular formula is C19H39IN4O. The molecule has 0 spiro atoms. The van der Waals surface area contributed by atoms with Gasteiger partial charge in [-0.25, -0.2) is 0 Å². The molecule has 1 aliphatic heterocycles. The summed E-state index contributed by atoms with van der Waals surface area (Å²) in [6, 6.07) is 0.550. The Kier molecular flexibility index (Phi) is 12.9. The summed E-state index contributed by atoms with van der Waals surface area (Å²) in [6.07, 6.45) is 12.3. The summed E-state index contributed by atoms with van der Waals surface area (Å²) in [5, 5.41) is 7.09. The van der Waals surface area contributed by atoms with Gasteiger partial charge in [-0.15, -0.1) is 24.0 Å². The summed E-state index contributed by atoms with van der Waals surface area (Å²) in [5.41, 5.74) is 0. The first-order valence-corrected chi connectivity index (χ1v) is 10.00. The second-order valence-corrected chi connectivity index (χ2v) is 7.40. The molecule has 6 heteroatoms. The predicted molar refractivity (Wildman–Crippen MR) is 117 cm³/mol. The summed E-state index contributed by atoms with van der Waals surface area (Å²) < 4.78 is 5.16. The van der Waals surface area contributed by atoms with Crippen LogP contribution in [0.4, 0.5) is 0 Å². The van der Waals surface area contributed by atoms with Crippen LogP contribution in [0.1, 0.15) is 57.8 Å². The number of hydrogen-bond acceptors (Lipinski definition) is 3. The number of guanidine groups is 1. The van der Waals surface area contributed by atoms with Crippen molar-refractivity contribution in [2.75, 3.05) is 46.9 Å². The number of hydrogen-bond donors (Lipinski definition) is 2. The SMILES string of the molecule is CN=C(NCCCCC1CCCC1)NC1CCN(CCOC)CC1.I. The summed E-state index contributed by atoms with van der Waals surface area (Å²) >= 11 is 0. The molecule has 2 N–H and O–H groups in total. The molecule has 1 heterocycles. The maximum absolute atomic E-state index is 5.16. The molecule has 0 bridgehead atoms. The largest absolute Gasteiger partial charge is 0.383 e. The lowest BCUT2D eigenvalue weighted by Crippen LogP contribution is -2.49. The van der Waals surface area contributed by atoms with Crippen LogP contribution in [0.3, 0.4) is 0 Å². The number of halogens is 1. The molecule has 2 rings (SSSR count). The molecule has 25 heavy (non-hydrogen) atoms. The zero-order valence-electron chi connectivity index (χ0n) is 16.3. The van der Waals surface area contributed by atoms with E-state index in [0.29, 0.717) is 6.04 Å². The zero-order valence-corrected chi connectivity index (χ0v) is 18.6. The molecule has 2 fully saturated rings. The van der Waals surface area contributed by atoms with E-state index in [9.17, 15) is 0 Å². The second kappa shape index (κ2) is 14.0. The Bertz CT molecular complexity index is 353. The average molecular weight is 466 g/mol. The fraction of sp³-hybridized carbons (Fsp3) is 0.947. The summed E-state index contributed by atoms with van der Waals surface area (Å²) in [4.78, 5) is 6.87. The van der Waals surface area contributed by atoms with Crippen LogP contribution in [0.2, 0.25) is 0 Å². The Morgan fingerprint density at radius 2 is 1.84 bits per heavy atom. The first kappa shape index (κ1) is 23.0. The Morgan fingerprint density at radius 3 is 2.48 bits per heavy atom. The van der Waals surface area contributed by atoms with E-state index in [1.165, 1.54) is 57.8 Å². The third-order valence-electron chi connectivity index (χ3n) is 5.57. The number of methoxy groups -OCH3 is 1. The van der Waals surface area contributed by atoms with Gasteiger partial charge < -0.3 is 20.3 Å². The average Bonchev–Trinajstić information content (AvgIpc) is 3.13. The zero-order chi connectivity index (χ0) is 17.0. The number of nitrogens with one attached hydrogen (secondary N) is 2. The maximum atomic E-state index is 5.16. The number of rotatable bonds is 9. The van der Waals surface area contributed by atoms with Crippen LogP contribution in [-0.2, 0) is 4.74 Å². The van der Waals surface area contributed by atoms with Gasteiger partial charge in [0.15, 0.2) is 5.96 Å². The van der Waals surface area contributed by atoms with E-state index in [2.05, 4.69) is 20.5 Å². The van der Waals surface area contributed by atoms with Crippen LogP contribution in [0, 0.1) is 5.92 Å². The van der Waals surface area contributed by atoms with Gasteiger partial charge in [-0.2, -0.15) is 0 Å². The van der Waals surface area contributed by atoms with Gasteiger partial charge in [0.1, 0.15) is 0 Å². The molecule has 5 nitrogen and oxygen atoms in total. The van der Waals surface area contributed by atoms with Crippen molar-refractivity contribution in [1.29, 1.82) is 0 Å². The Hall–Kier alpha value is -0.0800. The van der Waals surface area contributed by atoms with E-state index >= 15 is 0 Å². The van der Waals surface area contributed by atoms with Crippen molar-refractivity contribution in [3.8, 4) is 0 Å². The van der Waals surface area contributed by atoms with Gasteiger partial charge in [-0.3, -0.25) is 4.99 Å². The molecule has 0 radical (unpaired) electrons. The molecule has 0 aromatic heterocycles. The van der Waals surface area contributed by atoms with E-state index in [4.69, 9.17) is 4.74 Å². The van der Waals surface area contributed by atoms with Gasteiger partial charge in [0.2, 0.25) is 0 Å². The van der Waals surface area contributed by atoms with Crippen LogP contribution in [0.5, 0.6) is 0 Å². The quantitative estimate of drug-likeness (QED) is 0.237. The van der Waals surface area contributed by atoms with Crippen LogP contribution in [-0.4, -0.2) is 63.8 Å². The Labute approximate surface area is 171 Å². The first-order valence-electron chi connectivity index (χ1n) is 10.00. The molecule has 148 valence electrons. The van der Waals surface area contributed by atoms with Gasteiger partial charge in [0.25, 0.3) is 0 Å². The minimum atomic E-state index is 0. The highest BCUT2D eigenvalue weighted by Crippen LogP contribution is 2.28. The number of aliphatic imine (C=N–C) groups is 1. The van der Waals surface area contributed by atoms with Gasteiger partial charge >= 0.3 is 0 Å².